The highest BCUT2D eigenvalue weighted by molar-refractivity contribution is 5.74. The van der Waals surface area contributed by atoms with E-state index in [4.69, 9.17) is 23.7 Å². The molecule has 6 unspecified atom stereocenters. The molecule has 3 N–H and O–H groups in total. The van der Waals surface area contributed by atoms with Crippen molar-refractivity contribution in [3.63, 3.8) is 0 Å². The Kier molecular flexibility index (Phi) is 40.1. The van der Waals surface area contributed by atoms with Crippen LogP contribution < -0.4 is 0 Å². The molecule has 0 aromatic rings. The molecule has 6 atom stereocenters. The number of carboxylic acids is 1. The molecule has 12 nitrogen and oxygen atoms in total. The molecule has 384 valence electrons. The number of hydrogen-bond acceptors (Lipinski definition) is 11. The van der Waals surface area contributed by atoms with Gasteiger partial charge in [-0.15, -0.1) is 0 Å². The first-order valence-electron chi connectivity index (χ1n) is 26.3. The van der Waals surface area contributed by atoms with Crippen LogP contribution in [0.2, 0.25) is 0 Å². The van der Waals surface area contributed by atoms with Crippen LogP contribution in [-0.4, -0.2) is 89.2 Å². The van der Waals surface area contributed by atoms with Crippen LogP contribution in [0.5, 0.6) is 0 Å². The Labute approximate surface area is 405 Å². The zero-order valence-electron chi connectivity index (χ0n) is 41.9. The van der Waals surface area contributed by atoms with Crippen molar-refractivity contribution < 1.29 is 58.2 Å². The predicted octanol–water partition coefficient (Wildman–Crippen LogP) is 12.4. The first-order chi connectivity index (χ1) is 32.6. The number of aliphatic carboxylic acids is 1. The zero-order valence-corrected chi connectivity index (χ0v) is 41.9. The van der Waals surface area contributed by atoms with Gasteiger partial charge in [0.1, 0.15) is 18.8 Å². The van der Waals surface area contributed by atoms with Gasteiger partial charge in [0.05, 0.1) is 6.61 Å². The number of ether oxygens (including phenoxy) is 5. The monoisotopic (exact) mass is 945 g/mol. The molecule has 1 heterocycles. The van der Waals surface area contributed by atoms with Gasteiger partial charge in [-0.05, 0) is 83.5 Å². The molecule has 0 aromatic heterocycles. The largest absolute Gasteiger partial charge is 0.479 e. The number of carboxylic acid groups (broad SMARTS) is 1. The maximum atomic E-state index is 13.0. The maximum Gasteiger partial charge on any atom is 0.335 e. The predicted molar refractivity (Wildman–Crippen MR) is 266 cm³/mol. The van der Waals surface area contributed by atoms with Crippen LogP contribution in [0.15, 0.2) is 60.8 Å². The maximum absolute atomic E-state index is 13.0. The average molecular weight is 945 g/mol. The van der Waals surface area contributed by atoms with Crippen molar-refractivity contribution in [1.82, 2.24) is 0 Å². The summed E-state index contributed by atoms with van der Waals surface area (Å²) in [6, 6.07) is 0. The van der Waals surface area contributed by atoms with E-state index in [9.17, 15) is 34.5 Å². The summed E-state index contributed by atoms with van der Waals surface area (Å²) in [5.41, 5.74) is 0. The molecular weight excluding hydrogens is 853 g/mol. The summed E-state index contributed by atoms with van der Waals surface area (Å²) >= 11 is 0. The molecule has 0 spiro atoms. The van der Waals surface area contributed by atoms with Crippen molar-refractivity contribution >= 4 is 23.9 Å². The zero-order chi connectivity index (χ0) is 49.0. The van der Waals surface area contributed by atoms with Gasteiger partial charge in [0.25, 0.3) is 0 Å². The van der Waals surface area contributed by atoms with Crippen LogP contribution >= 0.6 is 0 Å². The van der Waals surface area contributed by atoms with E-state index in [0.29, 0.717) is 19.3 Å². The third kappa shape index (κ3) is 34.4. The quantitative estimate of drug-likeness (QED) is 0.0229. The molecule has 1 aliphatic rings. The van der Waals surface area contributed by atoms with E-state index < -0.39 is 67.3 Å². The molecule has 1 fully saturated rings. The third-order valence-corrected chi connectivity index (χ3v) is 11.6. The molecular formula is C55H92O12. The van der Waals surface area contributed by atoms with Gasteiger partial charge in [-0.1, -0.05) is 171 Å². The Morgan fingerprint density at radius 2 is 0.940 bits per heavy atom. The van der Waals surface area contributed by atoms with E-state index in [-0.39, 0.29) is 25.9 Å². The van der Waals surface area contributed by atoms with Crippen LogP contribution in [-0.2, 0) is 42.9 Å². The fraction of sp³-hybridized carbons (Fsp3) is 0.745. The number of aliphatic hydroxyl groups excluding tert-OH is 2. The van der Waals surface area contributed by atoms with Gasteiger partial charge in [-0.2, -0.15) is 0 Å². The van der Waals surface area contributed by atoms with Crippen LogP contribution in [0.25, 0.3) is 0 Å². The van der Waals surface area contributed by atoms with Crippen LogP contribution in [0.3, 0.4) is 0 Å². The molecule has 0 aromatic carbocycles. The average Bonchev–Trinajstić information content (AvgIpc) is 3.31. The van der Waals surface area contributed by atoms with Crippen molar-refractivity contribution in [2.75, 3.05) is 13.2 Å². The SMILES string of the molecule is CC/C=C\C/C=C\C/C=C\C/C=C\CCCCC(=O)OCC(COC1OC(C(=O)O)C(O)C(O)C1OC(=O)CCCCCCC/C=C\CCCCCC)OC(=O)CCCCCCCCCCC. The van der Waals surface area contributed by atoms with Crippen molar-refractivity contribution in [2.24, 2.45) is 0 Å². The summed E-state index contributed by atoms with van der Waals surface area (Å²) in [5, 5.41) is 31.3. The van der Waals surface area contributed by atoms with Gasteiger partial charge in [-0.3, -0.25) is 14.4 Å². The van der Waals surface area contributed by atoms with Crippen molar-refractivity contribution in [1.29, 1.82) is 0 Å². The smallest absolute Gasteiger partial charge is 0.335 e. The topological polar surface area (TPSA) is 175 Å². The summed E-state index contributed by atoms with van der Waals surface area (Å²) in [5.74, 6) is -3.19. The molecule has 0 saturated carbocycles. The van der Waals surface area contributed by atoms with Crippen LogP contribution in [0.4, 0.5) is 0 Å². The first-order valence-corrected chi connectivity index (χ1v) is 26.3. The normalized spacial score (nSPS) is 19.3. The molecule has 0 bridgehead atoms. The molecule has 67 heavy (non-hydrogen) atoms. The van der Waals surface area contributed by atoms with E-state index in [0.717, 1.165) is 96.3 Å². The lowest BCUT2D eigenvalue weighted by Crippen LogP contribution is -2.61. The first kappa shape index (κ1) is 61.4. The molecule has 12 heteroatoms. The van der Waals surface area contributed by atoms with Crippen molar-refractivity contribution in [2.45, 2.75) is 250 Å². The lowest BCUT2D eigenvalue weighted by atomic mass is 9.98. The summed E-state index contributed by atoms with van der Waals surface area (Å²) in [6.07, 6.45) is 39.4. The second kappa shape index (κ2) is 43.7. The van der Waals surface area contributed by atoms with Gasteiger partial charge in [-0.25, -0.2) is 4.79 Å². The Morgan fingerprint density at radius 1 is 0.507 bits per heavy atom. The Morgan fingerprint density at radius 3 is 1.49 bits per heavy atom. The number of unbranched alkanes of at least 4 members (excludes halogenated alkanes) is 19. The molecule has 1 saturated heterocycles. The minimum absolute atomic E-state index is 0.0462. The molecule has 1 aliphatic heterocycles. The van der Waals surface area contributed by atoms with Crippen molar-refractivity contribution in [3.05, 3.63) is 60.8 Å². The highest BCUT2D eigenvalue weighted by atomic mass is 16.7. The number of aliphatic hydroxyl groups is 2. The molecule has 0 aliphatic carbocycles. The van der Waals surface area contributed by atoms with E-state index in [2.05, 4.69) is 81.5 Å². The van der Waals surface area contributed by atoms with Crippen molar-refractivity contribution in [3.8, 4) is 0 Å². The number of carbonyl (C=O) groups is 4. The van der Waals surface area contributed by atoms with Gasteiger partial charge < -0.3 is 39.0 Å². The summed E-state index contributed by atoms with van der Waals surface area (Å²) in [7, 11) is 0. The summed E-state index contributed by atoms with van der Waals surface area (Å²) in [6.45, 7) is 5.77. The Balaban J connectivity index is 2.74. The van der Waals surface area contributed by atoms with E-state index in [1.807, 2.05) is 0 Å². The highest BCUT2D eigenvalue weighted by Gasteiger charge is 2.50. The summed E-state index contributed by atoms with van der Waals surface area (Å²) < 4.78 is 28.2. The van der Waals surface area contributed by atoms with Crippen LogP contribution in [0, 0.1) is 0 Å². The van der Waals surface area contributed by atoms with Gasteiger partial charge in [0, 0.05) is 19.3 Å². The number of allylic oxidation sites excluding steroid dienone is 10. The number of hydrogen-bond donors (Lipinski definition) is 3. The molecule has 0 radical (unpaired) electrons. The van der Waals surface area contributed by atoms with E-state index in [1.165, 1.54) is 57.8 Å². The van der Waals surface area contributed by atoms with Gasteiger partial charge in [0.2, 0.25) is 0 Å². The lowest BCUT2D eigenvalue weighted by molar-refractivity contribution is -0.301. The minimum atomic E-state index is -1.91. The molecule has 0 amide bonds. The van der Waals surface area contributed by atoms with Gasteiger partial charge >= 0.3 is 23.9 Å². The third-order valence-electron chi connectivity index (χ3n) is 11.6. The fourth-order valence-electron chi connectivity index (χ4n) is 7.53. The number of rotatable bonds is 43. The fourth-order valence-corrected chi connectivity index (χ4v) is 7.53. The second-order valence-electron chi connectivity index (χ2n) is 17.8. The van der Waals surface area contributed by atoms with Gasteiger partial charge in [0.15, 0.2) is 24.6 Å². The number of esters is 3. The Hall–Kier alpha value is -3.58. The van der Waals surface area contributed by atoms with E-state index >= 15 is 0 Å². The Bertz CT molecular complexity index is 1400. The molecule has 1 rings (SSSR count). The summed E-state index contributed by atoms with van der Waals surface area (Å²) in [4.78, 5) is 50.7. The lowest BCUT2D eigenvalue weighted by Gasteiger charge is -2.40. The second-order valence-corrected chi connectivity index (χ2v) is 17.8. The highest BCUT2D eigenvalue weighted by Crippen LogP contribution is 2.26. The standard InChI is InChI=1S/C55H92O12/c1-4-7-10-13-16-19-21-23-24-26-27-30-32-35-38-41-47(56)63-44-46(65-48(57)42-39-36-33-29-18-15-12-9-6-3)45-64-55-53(51(60)50(59)52(67-55)54(61)62)66-49(58)43-40-37-34-31-28-25-22-20-17-14-11-8-5-2/h7,10,16,19-20,22-24,27,30,46,50-53,55,59-60H,4-6,8-9,11-15,17-18,21,25-26,28-29,31-45H2,1-3H3,(H,61,62)/b10-7-,19-16-,22-20-,24-23-,30-27-. The number of carbonyl (C=O) groups excluding carboxylic acids is 3. The van der Waals surface area contributed by atoms with Crippen LogP contribution in [0.1, 0.15) is 213 Å². The minimum Gasteiger partial charge on any atom is -0.479 e. The van der Waals surface area contributed by atoms with E-state index in [1.54, 1.807) is 0 Å².